The number of carboxylic acids is 1. The molecule has 0 radical (unpaired) electrons. The van der Waals surface area contributed by atoms with Crippen LogP contribution in [0.5, 0.6) is 11.5 Å². The maximum atomic E-state index is 12.7. The molecule has 1 atom stereocenters. The molecule has 0 heterocycles. The summed E-state index contributed by atoms with van der Waals surface area (Å²) in [6, 6.07) is 17.9. The highest BCUT2D eigenvalue weighted by atomic mass is 16.5. The highest BCUT2D eigenvalue weighted by Gasteiger charge is 2.16. The fourth-order valence-corrected chi connectivity index (χ4v) is 4.88. The molecular formula is C37H46O7. The Bertz CT molecular complexity index is 1330. The summed E-state index contributed by atoms with van der Waals surface area (Å²) < 4.78 is 16.8. The molecule has 7 heteroatoms. The molecule has 0 spiro atoms. The second-order valence-corrected chi connectivity index (χ2v) is 11.2. The third kappa shape index (κ3) is 11.2. The monoisotopic (exact) mass is 602 g/mol. The zero-order valence-corrected chi connectivity index (χ0v) is 26.3. The van der Waals surface area contributed by atoms with Gasteiger partial charge in [-0.3, -0.25) is 0 Å². The highest BCUT2D eigenvalue weighted by molar-refractivity contribution is 5.97. The van der Waals surface area contributed by atoms with E-state index in [1.54, 1.807) is 66.7 Å². The molecule has 1 N–H and O–H groups in total. The predicted octanol–water partition coefficient (Wildman–Crippen LogP) is 9.53. The minimum atomic E-state index is -1.05. The summed E-state index contributed by atoms with van der Waals surface area (Å²) in [5.41, 5.74) is 2.01. The molecule has 0 aliphatic heterocycles. The fourth-order valence-electron chi connectivity index (χ4n) is 4.88. The minimum absolute atomic E-state index is 0.132. The second kappa shape index (κ2) is 18.5. The van der Waals surface area contributed by atoms with Gasteiger partial charge in [0.2, 0.25) is 0 Å². The molecule has 1 unspecified atom stereocenters. The van der Waals surface area contributed by atoms with Crippen molar-refractivity contribution in [3.05, 3.63) is 83.4 Å². The van der Waals surface area contributed by atoms with Crippen LogP contribution in [0.1, 0.15) is 122 Å². The smallest absolute Gasteiger partial charge is 0.343 e. The Balaban J connectivity index is 1.54. The summed E-state index contributed by atoms with van der Waals surface area (Å²) in [7, 11) is 0. The van der Waals surface area contributed by atoms with Crippen molar-refractivity contribution in [2.24, 2.45) is 0 Å². The van der Waals surface area contributed by atoms with Crippen LogP contribution in [-0.4, -0.2) is 35.7 Å². The number of carbonyl (C=O) groups excluding carboxylic acids is 2. The summed E-state index contributed by atoms with van der Waals surface area (Å²) in [6.45, 7) is 6.73. The zero-order valence-electron chi connectivity index (χ0n) is 26.3. The van der Waals surface area contributed by atoms with Crippen LogP contribution in [-0.2, 0) is 4.74 Å². The highest BCUT2D eigenvalue weighted by Crippen LogP contribution is 2.28. The second-order valence-electron chi connectivity index (χ2n) is 11.2. The molecule has 3 aromatic carbocycles. The van der Waals surface area contributed by atoms with E-state index in [-0.39, 0.29) is 11.7 Å². The molecule has 3 rings (SSSR count). The molecule has 0 saturated heterocycles. The van der Waals surface area contributed by atoms with Crippen molar-refractivity contribution < 1.29 is 33.7 Å². The van der Waals surface area contributed by atoms with E-state index in [1.165, 1.54) is 38.5 Å². The Labute approximate surface area is 261 Å². The largest absolute Gasteiger partial charge is 0.494 e. The van der Waals surface area contributed by atoms with E-state index < -0.39 is 17.9 Å². The molecule has 0 bridgehead atoms. The number of carbonyl (C=O) groups is 3. The average molecular weight is 603 g/mol. The molecule has 3 aromatic rings. The van der Waals surface area contributed by atoms with Crippen molar-refractivity contribution in [2.45, 2.75) is 97.5 Å². The predicted molar refractivity (Wildman–Crippen MR) is 173 cm³/mol. The van der Waals surface area contributed by atoms with Gasteiger partial charge in [-0.25, -0.2) is 14.4 Å². The lowest BCUT2D eigenvalue weighted by Crippen LogP contribution is -2.15. The van der Waals surface area contributed by atoms with Gasteiger partial charge in [-0.05, 0) is 85.5 Å². The lowest BCUT2D eigenvalue weighted by atomic mass is 9.98. The summed E-state index contributed by atoms with van der Waals surface area (Å²) in [6.07, 6.45) is 12.3. The Morgan fingerprint density at radius 2 is 1.25 bits per heavy atom. The minimum Gasteiger partial charge on any atom is -0.494 e. The third-order valence-corrected chi connectivity index (χ3v) is 7.49. The van der Waals surface area contributed by atoms with Gasteiger partial charge in [-0.2, -0.15) is 0 Å². The Morgan fingerprint density at radius 1 is 0.682 bits per heavy atom. The van der Waals surface area contributed by atoms with Crippen molar-refractivity contribution >= 4 is 17.9 Å². The van der Waals surface area contributed by atoms with Crippen molar-refractivity contribution in [3.8, 4) is 22.6 Å². The number of hydrogen-bond donors (Lipinski definition) is 1. The fraction of sp³-hybridized carbons (Fsp3) is 0.432. The van der Waals surface area contributed by atoms with Crippen LogP contribution in [0.15, 0.2) is 66.7 Å². The molecule has 0 amide bonds. The van der Waals surface area contributed by atoms with Gasteiger partial charge in [0.1, 0.15) is 11.5 Å². The third-order valence-electron chi connectivity index (χ3n) is 7.49. The van der Waals surface area contributed by atoms with Crippen molar-refractivity contribution in [1.29, 1.82) is 0 Å². The van der Waals surface area contributed by atoms with E-state index in [2.05, 4.69) is 13.8 Å². The first-order chi connectivity index (χ1) is 21.3. The zero-order chi connectivity index (χ0) is 31.7. The van der Waals surface area contributed by atoms with E-state index in [4.69, 9.17) is 14.2 Å². The average Bonchev–Trinajstić information content (AvgIpc) is 3.03. The molecule has 7 nitrogen and oxygen atoms in total. The molecule has 0 aliphatic carbocycles. The van der Waals surface area contributed by atoms with Crippen molar-refractivity contribution in [3.63, 3.8) is 0 Å². The van der Waals surface area contributed by atoms with Crippen molar-refractivity contribution in [2.75, 3.05) is 6.61 Å². The van der Waals surface area contributed by atoms with Gasteiger partial charge in [-0.15, -0.1) is 0 Å². The normalized spacial score (nSPS) is 11.5. The number of hydrogen-bond acceptors (Lipinski definition) is 6. The van der Waals surface area contributed by atoms with Gasteiger partial charge >= 0.3 is 17.9 Å². The lowest BCUT2D eigenvalue weighted by Gasteiger charge is -2.13. The van der Waals surface area contributed by atoms with Gasteiger partial charge in [0.05, 0.1) is 29.4 Å². The van der Waals surface area contributed by atoms with Gasteiger partial charge in [-0.1, -0.05) is 83.8 Å². The molecule has 236 valence electrons. The van der Waals surface area contributed by atoms with Crippen LogP contribution in [0.3, 0.4) is 0 Å². The standard InChI is InChI=1S/C37H46O7/c1-4-6-8-9-10-11-12-13-25-42-32-23-24-33(34(26-32)35(38)39)28-15-17-29(18-16-28)37(41)44-31-21-19-30(20-22-31)36(40)43-27(3)14-7-5-2/h15-24,26-27H,4-14,25H2,1-3H3,(H,38,39). The van der Waals surface area contributed by atoms with Gasteiger partial charge < -0.3 is 19.3 Å². The maximum absolute atomic E-state index is 12.7. The molecule has 44 heavy (non-hydrogen) atoms. The maximum Gasteiger partial charge on any atom is 0.343 e. The summed E-state index contributed by atoms with van der Waals surface area (Å²) in [4.78, 5) is 37.1. The molecular weight excluding hydrogens is 556 g/mol. The molecule has 0 fully saturated rings. The molecule has 0 aromatic heterocycles. The number of aromatic carboxylic acids is 1. The van der Waals surface area contributed by atoms with Crippen LogP contribution in [0.25, 0.3) is 11.1 Å². The quantitative estimate of drug-likeness (QED) is 0.0828. The summed E-state index contributed by atoms with van der Waals surface area (Å²) >= 11 is 0. The van der Waals surface area contributed by atoms with E-state index in [0.29, 0.717) is 40.4 Å². The van der Waals surface area contributed by atoms with Crippen LogP contribution in [0, 0.1) is 0 Å². The van der Waals surface area contributed by atoms with E-state index in [1.807, 2.05) is 6.92 Å². The Morgan fingerprint density at radius 3 is 1.89 bits per heavy atom. The first-order valence-electron chi connectivity index (χ1n) is 16.0. The van der Waals surface area contributed by atoms with Crippen LogP contribution in [0.4, 0.5) is 0 Å². The number of unbranched alkanes of at least 4 members (excludes halogenated alkanes) is 8. The summed E-state index contributed by atoms with van der Waals surface area (Å²) in [5.74, 6) is -1.21. The van der Waals surface area contributed by atoms with Crippen LogP contribution >= 0.6 is 0 Å². The van der Waals surface area contributed by atoms with Crippen molar-refractivity contribution in [1.82, 2.24) is 0 Å². The van der Waals surface area contributed by atoms with Crippen LogP contribution < -0.4 is 9.47 Å². The van der Waals surface area contributed by atoms with Crippen LogP contribution in [0.2, 0.25) is 0 Å². The first kappa shape index (κ1) is 34.4. The van der Waals surface area contributed by atoms with Gasteiger partial charge in [0, 0.05) is 0 Å². The SMILES string of the molecule is CCCCCCCCCCOc1ccc(-c2ccc(C(=O)Oc3ccc(C(=O)OC(C)CCCC)cc3)cc2)c(C(=O)O)c1. The number of carboxylic acid groups (broad SMARTS) is 1. The molecule has 0 saturated carbocycles. The Kier molecular flexibility index (Phi) is 14.5. The first-order valence-corrected chi connectivity index (χ1v) is 16.0. The van der Waals surface area contributed by atoms with E-state index in [9.17, 15) is 19.5 Å². The lowest BCUT2D eigenvalue weighted by molar-refractivity contribution is 0.0320. The summed E-state index contributed by atoms with van der Waals surface area (Å²) in [5, 5.41) is 9.86. The number of rotatable bonds is 19. The van der Waals surface area contributed by atoms with Gasteiger partial charge in [0.15, 0.2) is 0 Å². The van der Waals surface area contributed by atoms with E-state index in [0.717, 1.165) is 32.1 Å². The van der Waals surface area contributed by atoms with Gasteiger partial charge in [0.25, 0.3) is 0 Å². The number of ether oxygens (including phenoxy) is 3. The van der Waals surface area contributed by atoms with E-state index >= 15 is 0 Å². The topological polar surface area (TPSA) is 99.1 Å². The Hall–Kier alpha value is -4.13. The molecule has 0 aliphatic rings. The number of benzene rings is 3. The number of esters is 2.